The van der Waals surface area contributed by atoms with Crippen molar-refractivity contribution in [3.8, 4) is 0 Å². The highest BCUT2D eigenvalue weighted by Gasteiger charge is 2.37. The third-order valence-corrected chi connectivity index (χ3v) is 4.83. The normalized spacial score (nSPS) is 38.5. The van der Waals surface area contributed by atoms with Gasteiger partial charge in [-0.3, -0.25) is 9.69 Å². The van der Waals surface area contributed by atoms with E-state index >= 15 is 0 Å². The molecule has 2 heterocycles. The minimum Gasteiger partial charge on any atom is -0.340 e. The molecular weight excluding hydrogens is 238 g/mol. The van der Waals surface area contributed by atoms with E-state index in [4.69, 9.17) is 5.73 Å². The molecule has 5 unspecified atom stereocenters. The van der Waals surface area contributed by atoms with E-state index in [0.717, 1.165) is 19.5 Å². The van der Waals surface area contributed by atoms with Crippen molar-refractivity contribution in [1.82, 2.24) is 9.80 Å². The summed E-state index contributed by atoms with van der Waals surface area (Å²) >= 11 is 0. The first-order valence-electron chi connectivity index (χ1n) is 7.72. The Morgan fingerprint density at radius 2 is 1.74 bits per heavy atom. The summed E-state index contributed by atoms with van der Waals surface area (Å²) in [6.45, 7) is 10.3. The number of hydrogen-bond acceptors (Lipinski definition) is 3. The average Bonchev–Trinajstić information content (AvgIpc) is 2.66. The molecule has 2 saturated heterocycles. The molecule has 0 aromatic heterocycles. The molecule has 110 valence electrons. The monoisotopic (exact) mass is 267 g/mol. The number of carbonyl (C=O) groups excluding carboxylic acids is 1. The third kappa shape index (κ3) is 3.11. The van der Waals surface area contributed by atoms with Crippen LogP contribution in [0.5, 0.6) is 0 Å². The Bertz CT molecular complexity index is 313. The maximum absolute atomic E-state index is 12.7. The lowest BCUT2D eigenvalue weighted by Gasteiger charge is -2.39. The molecule has 2 rings (SSSR count). The van der Waals surface area contributed by atoms with Crippen LogP contribution in [0.25, 0.3) is 0 Å². The Morgan fingerprint density at radius 1 is 1.16 bits per heavy atom. The van der Waals surface area contributed by atoms with Gasteiger partial charge < -0.3 is 10.6 Å². The zero-order valence-electron chi connectivity index (χ0n) is 12.8. The molecule has 2 N–H and O–H groups in total. The van der Waals surface area contributed by atoms with E-state index in [2.05, 4.69) is 32.6 Å². The van der Waals surface area contributed by atoms with E-state index in [-0.39, 0.29) is 18.0 Å². The summed E-state index contributed by atoms with van der Waals surface area (Å²) in [5.74, 6) is 0.788. The molecule has 0 bridgehead atoms. The molecule has 2 fully saturated rings. The molecule has 0 radical (unpaired) electrons. The predicted molar refractivity (Wildman–Crippen MR) is 77.8 cm³/mol. The minimum absolute atomic E-state index is 0.00926. The maximum atomic E-state index is 12.7. The van der Waals surface area contributed by atoms with E-state index in [9.17, 15) is 4.79 Å². The van der Waals surface area contributed by atoms with E-state index in [1.165, 1.54) is 12.8 Å². The van der Waals surface area contributed by atoms with Gasteiger partial charge in [0.1, 0.15) is 0 Å². The van der Waals surface area contributed by atoms with Gasteiger partial charge in [-0.05, 0) is 46.0 Å². The Morgan fingerprint density at radius 3 is 2.26 bits per heavy atom. The zero-order chi connectivity index (χ0) is 14.2. The van der Waals surface area contributed by atoms with Crippen LogP contribution in [0.4, 0.5) is 0 Å². The molecule has 4 heteroatoms. The van der Waals surface area contributed by atoms with Gasteiger partial charge in [0.15, 0.2) is 0 Å². The number of hydrogen-bond donors (Lipinski definition) is 1. The zero-order valence-corrected chi connectivity index (χ0v) is 12.8. The summed E-state index contributed by atoms with van der Waals surface area (Å²) in [5.41, 5.74) is 6.05. The predicted octanol–water partition coefficient (Wildman–Crippen LogP) is 1.44. The molecule has 0 saturated carbocycles. The van der Waals surface area contributed by atoms with Crippen molar-refractivity contribution in [2.75, 3.05) is 13.1 Å². The van der Waals surface area contributed by atoms with Crippen molar-refractivity contribution in [2.24, 2.45) is 11.7 Å². The molecular formula is C15H29N3O. The van der Waals surface area contributed by atoms with Gasteiger partial charge in [-0.1, -0.05) is 6.92 Å². The van der Waals surface area contributed by atoms with Gasteiger partial charge in [0.2, 0.25) is 5.91 Å². The Labute approximate surface area is 117 Å². The summed E-state index contributed by atoms with van der Waals surface area (Å²) < 4.78 is 0. The van der Waals surface area contributed by atoms with Crippen LogP contribution < -0.4 is 5.73 Å². The van der Waals surface area contributed by atoms with Gasteiger partial charge in [-0.25, -0.2) is 0 Å². The van der Waals surface area contributed by atoms with Gasteiger partial charge in [-0.2, -0.15) is 0 Å². The third-order valence-electron chi connectivity index (χ3n) is 4.83. The van der Waals surface area contributed by atoms with E-state index in [1.807, 2.05) is 4.90 Å². The van der Waals surface area contributed by atoms with E-state index < -0.39 is 0 Å². The first kappa shape index (κ1) is 14.8. The number of rotatable bonds is 2. The second-order valence-electron chi connectivity index (χ2n) is 6.74. The summed E-state index contributed by atoms with van der Waals surface area (Å²) in [6.07, 6.45) is 3.44. The number of amides is 1. The second-order valence-corrected chi connectivity index (χ2v) is 6.74. The SMILES string of the molecule is CC1CC(N)CN(C(=O)C(C)N2C(C)CCC2C)C1. The van der Waals surface area contributed by atoms with Crippen LogP contribution in [0.2, 0.25) is 0 Å². The lowest BCUT2D eigenvalue weighted by Crippen LogP contribution is -2.55. The van der Waals surface area contributed by atoms with Crippen LogP contribution in [0.1, 0.15) is 47.0 Å². The number of nitrogens with zero attached hydrogens (tertiary/aromatic N) is 2. The number of nitrogens with two attached hydrogens (primary N) is 1. The highest BCUT2D eigenvalue weighted by Crippen LogP contribution is 2.27. The number of carbonyl (C=O) groups is 1. The molecule has 5 atom stereocenters. The van der Waals surface area contributed by atoms with Gasteiger partial charge in [0.25, 0.3) is 0 Å². The molecule has 19 heavy (non-hydrogen) atoms. The molecule has 4 nitrogen and oxygen atoms in total. The lowest BCUT2D eigenvalue weighted by molar-refractivity contribution is -0.139. The van der Waals surface area contributed by atoms with E-state index in [0.29, 0.717) is 18.0 Å². The van der Waals surface area contributed by atoms with Crippen molar-refractivity contribution in [1.29, 1.82) is 0 Å². The number of piperidine rings is 1. The highest BCUT2D eigenvalue weighted by molar-refractivity contribution is 5.81. The molecule has 0 aromatic carbocycles. The smallest absolute Gasteiger partial charge is 0.239 e. The van der Waals surface area contributed by atoms with Crippen LogP contribution >= 0.6 is 0 Å². The number of likely N-dealkylation sites (tertiary alicyclic amines) is 2. The quantitative estimate of drug-likeness (QED) is 0.824. The minimum atomic E-state index is -0.00926. The first-order chi connectivity index (χ1) is 8.90. The highest BCUT2D eigenvalue weighted by atomic mass is 16.2. The molecule has 0 aliphatic carbocycles. The van der Waals surface area contributed by atoms with Crippen molar-refractivity contribution in [3.63, 3.8) is 0 Å². The van der Waals surface area contributed by atoms with Crippen molar-refractivity contribution in [2.45, 2.75) is 71.1 Å². The first-order valence-corrected chi connectivity index (χ1v) is 7.72. The van der Waals surface area contributed by atoms with Crippen LogP contribution in [-0.4, -0.2) is 53.0 Å². The largest absolute Gasteiger partial charge is 0.340 e. The summed E-state index contributed by atoms with van der Waals surface area (Å²) in [5, 5.41) is 0. The summed E-state index contributed by atoms with van der Waals surface area (Å²) in [7, 11) is 0. The molecule has 2 aliphatic rings. The molecule has 1 amide bonds. The fourth-order valence-corrected chi connectivity index (χ4v) is 3.95. The van der Waals surface area contributed by atoms with Crippen LogP contribution in [0.15, 0.2) is 0 Å². The van der Waals surface area contributed by atoms with Crippen molar-refractivity contribution < 1.29 is 4.79 Å². The lowest BCUT2D eigenvalue weighted by atomic mass is 9.96. The van der Waals surface area contributed by atoms with Gasteiger partial charge in [0.05, 0.1) is 6.04 Å². The fourth-order valence-electron chi connectivity index (χ4n) is 3.95. The van der Waals surface area contributed by atoms with Crippen LogP contribution in [0, 0.1) is 5.92 Å². The average molecular weight is 267 g/mol. The van der Waals surface area contributed by atoms with Crippen LogP contribution in [-0.2, 0) is 4.79 Å². The molecule has 2 aliphatic heterocycles. The topological polar surface area (TPSA) is 49.6 Å². The molecule has 0 aromatic rings. The van der Waals surface area contributed by atoms with Gasteiger partial charge >= 0.3 is 0 Å². The Hall–Kier alpha value is -0.610. The van der Waals surface area contributed by atoms with E-state index in [1.54, 1.807) is 0 Å². The summed E-state index contributed by atoms with van der Waals surface area (Å²) in [6, 6.07) is 1.17. The Kier molecular flexibility index (Phi) is 4.51. The van der Waals surface area contributed by atoms with Crippen molar-refractivity contribution in [3.05, 3.63) is 0 Å². The maximum Gasteiger partial charge on any atom is 0.239 e. The van der Waals surface area contributed by atoms with Crippen molar-refractivity contribution >= 4 is 5.91 Å². The molecule has 0 spiro atoms. The second kappa shape index (κ2) is 5.80. The standard InChI is InChI=1S/C15H29N3O/c1-10-7-14(16)9-17(8-10)15(19)13(4)18-11(2)5-6-12(18)3/h10-14H,5-9,16H2,1-4H3. The fraction of sp³-hybridized carbons (Fsp3) is 0.933. The van der Waals surface area contributed by atoms with Crippen LogP contribution in [0.3, 0.4) is 0 Å². The van der Waals surface area contributed by atoms with Gasteiger partial charge in [-0.15, -0.1) is 0 Å². The van der Waals surface area contributed by atoms with Gasteiger partial charge in [0, 0.05) is 31.2 Å². The Balaban J connectivity index is 2.02. The summed E-state index contributed by atoms with van der Waals surface area (Å²) in [4.78, 5) is 17.1.